The molecule has 0 aliphatic carbocycles. The number of rotatable bonds is 5. The van der Waals surface area contributed by atoms with Gasteiger partial charge in [-0.2, -0.15) is 0 Å². The standard InChI is InChI=1S/C13H36ClN2PSi3/c1-13(2,3)15(18(4,5)6)17(14)16(19(7,8)9)20(10,11)12/h1-12H3. The Hall–Kier alpha value is 1.29. The number of nitrogens with zero attached hydrogens (tertiary/aromatic N) is 2. The van der Waals surface area contributed by atoms with Crippen LogP contribution in [0.4, 0.5) is 0 Å². The molecule has 7 heteroatoms. The van der Waals surface area contributed by atoms with Gasteiger partial charge in [-0.1, -0.05) is 70.2 Å². The van der Waals surface area contributed by atoms with Gasteiger partial charge >= 0.3 is 0 Å². The minimum absolute atomic E-state index is 0.134. The lowest BCUT2D eigenvalue weighted by molar-refractivity contribution is 0.369. The summed E-state index contributed by atoms with van der Waals surface area (Å²) in [5.41, 5.74) is 0.134. The molecule has 0 aromatic heterocycles. The molecule has 0 N–H and O–H groups in total. The summed E-state index contributed by atoms with van der Waals surface area (Å²) in [6, 6.07) is 0. The van der Waals surface area contributed by atoms with Crippen molar-refractivity contribution in [3.05, 3.63) is 0 Å². The number of hydrogen-bond acceptors (Lipinski definition) is 2. The molecule has 1 atom stereocenters. The summed E-state index contributed by atoms with van der Waals surface area (Å²) in [4.78, 5) is 0. The van der Waals surface area contributed by atoms with E-state index in [4.69, 9.17) is 11.2 Å². The van der Waals surface area contributed by atoms with E-state index in [9.17, 15) is 0 Å². The van der Waals surface area contributed by atoms with E-state index < -0.39 is 32.3 Å². The summed E-state index contributed by atoms with van der Waals surface area (Å²) >= 11 is 7.17. The van der Waals surface area contributed by atoms with Crippen molar-refractivity contribution in [2.45, 2.75) is 85.2 Å². The van der Waals surface area contributed by atoms with Crippen LogP contribution in [0.2, 0.25) is 58.9 Å². The van der Waals surface area contributed by atoms with Crippen molar-refractivity contribution < 1.29 is 0 Å². The second-order valence-corrected chi connectivity index (χ2v) is 27.7. The van der Waals surface area contributed by atoms with Crippen LogP contribution in [0, 0.1) is 0 Å². The van der Waals surface area contributed by atoms with Gasteiger partial charge in [0.15, 0.2) is 0 Å². The molecular formula is C13H36ClN2PSi3. The molecule has 2 nitrogen and oxygen atoms in total. The molecule has 122 valence electrons. The molecule has 0 amide bonds. The molecule has 0 heterocycles. The van der Waals surface area contributed by atoms with Crippen molar-refractivity contribution in [2.75, 3.05) is 0 Å². The Bertz CT molecular complexity index is 266. The molecule has 0 radical (unpaired) electrons. The van der Waals surface area contributed by atoms with E-state index in [1.807, 2.05) is 0 Å². The molecule has 0 fully saturated rings. The van der Waals surface area contributed by atoms with Crippen LogP contribution in [-0.4, -0.2) is 38.6 Å². The van der Waals surface area contributed by atoms with Gasteiger partial charge in [-0.3, -0.25) is 4.34 Å². The third kappa shape index (κ3) is 5.82. The lowest BCUT2D eigenvalue weighted by Gasteiger charge is -2.55. The highest BCUT2D eigenvalue weighted by Gasteiger charge is 2.47. The largest absolute Gasteiger partial charge is 0.301 e. The van der Waals surface area contributed by atoms with E-state index in [-0.39, 0.29) is 5.54 Å². The zero-order valence-electron chi connectivity index (χ0n) is 15.7. The smallest absolute Gasteiger partial charge is 0.127 e. The van der Waals surface area contributed by atoms with Crippen molar-refractivity contribution in [3.63, 3.8) is 0 Å². The zero-order chi connectivity index (χ0) is 16.7. The Morgan fingerprint density at radius 1 is 0.700 bits per heavy atom. The molecule has 0 rings (SSSR count). The normalized spacial score (nSPS) is 16.9. The van der Waals surface area contributed by atoms with Crippen molar-refractivity contribution in [3.8, 4) is 0 Å². The fourth-order valence-corrected chi connectivity index (χ4v) is 27.9. The van der Waals surface area contributed by atoms with Crippen LogP contribution in [0.3, 0.4) is 0 Å². The Morgan fingerprint density at radius 2 is 1.00 bits per heavy atom. The maximum Gasteiger partial charge on any atom is 0.127 e. The van der Waals surface area contributed by atoms with E-state index in [2.05, 4.69) is 88.0 Å². The molecule has 1 unspecified atom stereocenters. The summed E-state index contributed by atoms with van der Waals surface area (Å²) in [6.07, 6.45) is 0. The van der Waals surface area contributed by atoms with Crippen LogP contribution in [0.1, 0.15) is 20.8 Å². The zero-order valence-corrected chi connectivity index (χ0v) is 20.4. The lowest BCUT2D eigenvalue weighted by Crippen LogP contribution is -2.61. The van der Waals surface area contributed by atoms with Gasteiger partial charge in [-0.05, 0) is 20.8 Å². The minimum atomic E-state index is -1.47. The molecule has 0 aromatic carbocycles. The first-order valence-corrected chi connectivity index (χ1v) is 20.0. The quantitative estimate of drug-likeness (QED) is 0.410. The average Bonchev–Trinajstić information content (AvgIpc) is 1.88. The van der Waals surface area contributed by atoms with Gasteiger partial charge in [0.1, 0.15) is 32.3 Å². The van der Waals surface area contributed by atoms with E-state index in [0.717, 1.165) is 0 Å². The monoisotopic (exact) mass is 370 g/mol. The molecule has 0 saturated heterocycles. The van der Waals surface area contributed by atoms with Gasteiger partial charge in [0.25, 0.3) is 0 Å². The maximum atomic E-state index is 7.17. The van der Waals surface area contributed by atoms with Crippen LogP contribution < -0.4 is 0 Å². The molecule has 0 spiro atoms. The van der Waals surface area contributed by atoms with Crippen LogP contribution in [0.15, 0.2) is 0 Å². The SMILES string of the molecule is CC(C)(C)N(P(Cl)N([Si](C)(C)C)[Si](C)(C)C)[Si](C)(C)C. The van der Waals surface area contributed by atoms with Crippen molar-refractivity contribution in [2.24, 2.45) is 0 Å². The Morgan fingerprint density at radius 3 is 1.15 bits per heavy atom. The minimum Gasteiger partial charge on any atom is -0.301 e. The second-order valence-electron chi connectivity index (χ2n) is 9.55. The number of hydrogen-bond donors (Lipinski definition) is 0. The summed E-state index contributed by atoms with van der Waals surface area (Å²) in [5.74, 6) is 0. The van der Waals surface area contributed by atoms with Gasteiger partial charge in [-0.25, -0.2) is 0 Å². The third-order valence-corrected chi connectivity index (χ3v) is 21.8. The Balaban J connectivity index is 5.81. The van der Waals surface area contributed by atoms with E-state index in [1.165, 1.54) is 0 Å². The Kier molecular flexibility index (Phi) is 6.84. The van der Waals surface area contributed by atoms with E-state index >= 15 is 0 Å². The molecule has 0 aliphatic heterocycles. The number of halogens is 1. The van der Waals surface area contributed by atoms with Gasteiger partial charge in [-0.15, -0.1) is 0 Å². The highest BCUT2D eigenvalue weighted by Crippen LogP contribution is 2.59. The van der Waals surface area contributed by atoms with E-state index in [0.29, 0.717) is 0 Å². The molecule has 0 bridgehead atoms. The lowest BCUT2D eigenvalue weighted by atomic mass is 10.1. The van der Waals surface area contributed by atoms with Crippen LogP contribution in [0.5, 0.6) is 0 Å². The van der Waals surface area contributed by atoms with E-state index in [1.54, 1.807) is 0 Å². The fraction of sp³-hybridized carbons (Fsp3) is 1.00. The summed E-state index contributed by atoms with van der Waals surface area (Å²) in [5, 5.41) is 0. The third-order valence-electron chi connectivity index (χ3n) is 2.87. The Labute approximate surface area is 137 Å². The van der Waals surface area contributed by atoms with Gasteiger partial charge in [0, 0.05) is 5.54 Å². The van der Waals surface area contributed by atoms with Gasteiger partial charge in [0.05, 0.1) is 0 Å². The average molecular weight is 371 g/mol. The summed E-state index contributed by atoms with van der Waals surface area (Å²) in [6.45, 7) is 28.8. The molecular weight excluding hydrogens is 335 g/mol. The highest BCUT2D eigenvalue weighted by atomic mass is 35.7. The molecule has 0 aliphatic rings. The van der Waals surface area contributed by atoms with Gasteiger partial charge < -0.3 is 4.00 Å². The van der Waals surface area contributed by atoms with Crippen molar-refractivity contribution in [1.82, 2.24) is 8.34 Å². The van der Waals surface area contributed by atoms with Crippen LogP contribution in [-0.2, 0) is 0 Å². The van der Waals surface area contributed by atoms with Crippen LogP contribution >= 0.6 is 18.8 Å². The first-order chi connectivity index (χ1) is 8.40. The van der Waals surface area contributed by atoms with Gasteiger partial charge in [0.2, 0.25) is 0 Å². The summed E-state index contributed by atoms with van der Waals surface area (Å²) < 4.78 is 5.45. The first kappa shape index (κ1) is 21.3. The molecule has 0 aromatic rings. The first-order valence-electron chi connectivity index (χ1n) is 7.46. The fourth-order valence-electron chi connectivity index (χ4n) is 3.09. The summed E-state index contributed by atoms with van der Waals surface area (Å²) in [7, 11) is -5.07. The van der Waals surface area contributed by atoms with Crippen molar-refractivity contribution in [1.29, 1.82) is 0 Å². The van der Waals surface area contributed by atoms with Crippen molar-refractivity contribution >= 4 is 43.5 Å². The molecule has 0 saturated carbocycles. The maximum absolute atomic E-state index is 7.17. The topological polar surface area (TPSA) is 6.48 Å². The second kappa shape index (κ2) is 6.42. The highest BCUT2D eigenvalue weighted by molar-refractivity contribution is 7.84. The molecule has 20 heavy (non-hydrogen) atoms. The van der Waals surface area contributed by atoms with Crippen LogP contribution in [0.25, 0.3) is 0 Å². The predicted molar refractivity (Wildman–Crippen MR) is 106 cm³/mol. The predicted octanol–water partition coefficient (Wildman–Crippen LogP) is 6.36.